The van der Waals surface area contributed by atoms with E-state index in [4.69, 9.17) is 9.15 Å². The molecule has 0 aliphatic heterocycles. The molecule has 112 valence electrons. The van der Waals surface area contributed by atoms with Gasteiger partial charge in [0.2, 0.25) is 0 Å². The summed E-state index contributed by atoms with van der Waals surface area (Å²) in [6, 6.07) is 0. The van der Waals surface area contributed by atoms with Gasteiger partial charge in [-0.1, -0.05) is 18.7 Å². The Morgan fingerprint density at radius 2 is 2.25 bits per heavy atom. The molecule has 0 amide bonds. The summed E-state index contributed by atoms with van der Waals surface area (Å²) in [5.41, 5.74) is 0.274. The van der Waals surface area contributed by atoms with Crippen molar-refractivity contribution in [3.8, 4) is 0 Å². The van der Waals surface area contributed by atoms with E-state index in [0.717, 1.165) is 30.8 Å². The summed E-state index contributed by atoms with van der Waals surface area (Å²) in [6.45, 7) is 6.55. The molecule has 0 spiro atoms. The Hall–Kier alpha value is -1.01. The van der Waals surface area contributed by atoms with Gasteiger partial charge in [0.1, 0.15) is 11.3 Å². The van der Waals surface area contributed by atoms with Crippen LogP contribution in [0, 0.1) is 19.8 Å². The van der Waals surface area contributed by atoms with E-state index >= 15 is 0 Å². The fourth-order valence-electron chi connectivity index (χ4n) is 2.37. The second kappa shape index (κ2) is 6.18. The van der Waals surface area contributed by atoms with Gasteiger partial charge in [0, 0.05) is 5.75 Å². The maximum Gasteiger partial charge on any atom is 0.327 e. The number of hydrogen-bond donors (Lipinski definition) is 1. The lowest BCUT2D eigenvalue weighted by Crippen LogP contribution is -2.56. The summed E-state index contributed by atoms with van der Waals surface area (Å²) in [6.07, 6.45) is 2.12. The normalized spacial score (nSPS) is 17.8. The molecule has 1 heterocycles. The molecule has 1 atom stereocenters. The number of methoxy groups -OCH3 is 1. The van der Waals surface area contributed by atoms with E-state index in [1.165, 1.54) is 18.9 Å². The first-order chi connectivity index (χ1) is 9.53. The number of hydrogen-bond acceptors (Lipinski definition) is 6. The van der Waals surface area contributed by atoms with Crippen molar-refractivity contribution < 1.29 is 13.9 Å². The number of rotatable bonds is 7. The summed E-state index contributed by atoms with van der Waals surface area (Å²) >= 11 is 1.47. The van der Waals surface area contributed by atoms with Gasteiger partial charge in [-0.25, -0.2) is 4.98 Å². The number of likely N-dealkylation sites (N-methyl/N-ethyl adjacent to an activating group) is 1. The summed E-state index contributed by atoms with van der Waals surface area (Å²) in [5.74, 6) is 1.57. The molecule has 1 unspecified atom stereocenters. The van der Waals surface area contributed by atoms with Crippen LogP contribution >= 0.6 is 11.8 Å². The van der Waals surface area contributed by atoms with Crippen LogP contribution in [0.2, 0.25) is 0 Å². The Kier molecular flexibility index (Phi) is 4.75. The van der Waals surface area contributed by atoms with Gasteiger partial charge in [-0.3, -0.25) is 4.79 Å². The number of aromatic nitrogens is 1. The van der Waals surface area contributed by atoms with Crippen LogP contribution in [0.4, 0.5) is 0 Å². The van der Waals surface area contributed by atoms with Crippen LogP contribution in [0.25, 0.3) is 0 Å². The topological polar surface area (TPSA) is 64.4 Å². The minimum Gasteiger partial charge on any atom is -0.468 e. The minimum absolute atomic E-state index is 0.186. The van der Waals surface area contributed by atoms with Crippen molar-refractivity contribution in [2.75, 3.05) is 19.4 Å². The van der Waals surface area contributed by atoms with E-state index < -0.39 is 5.54 Å². The number of nitrogens with one attached hydrogen (secondary N) is 1. The molecule has 2 rings (SSSR count). The van der Waals surface area contributed by atoms with Crippen molar-refractivity contribution in [3.05, 3.63) is 11.5 Å². The molecule has 1 aliphatic rings. The van der Waals surface area contributed by atoms with Gasteiger partial charge in [0.15, 0.2) is 0 Å². The first-order valence-corrected chi connectivity index (χ1v) is 7.92. The van der Waals surface area contributed by atoms with Gasteiger partial charge in [-0.05, 0) is 39.2 Å². The number of ether oxygens (including phenoxy) is 1. The Morgan fingerprint density at radius 3 is 2.70 bits per heavy atom. The zero-order valence-electron chi connectivity index (χ0n) is 12.5. The van der Waals surface area contributed by atoms with Gasteiger partial charge in [0.25, 0.3) is 5.22 Å². The van der Waals surface area contributed by atoms with E-state index in [-0.39, 0.29) is 5.97 Å². The van der Waals surface area contributed by atoms with Crippen LogP contribution in [0.1, 0.15) is 31.2 Å². The van der Waals surface area contributed by atoms with Crippen molar-refractivity contribution in [2.45, 2.75) is 44.4 Å². The van der Waals surface area contributed by atoms with Crippen LogP contribution in [0.3, 0.4) is 0 Å². The highest BCUT2D eigenvalue weighted by atomic mass is 32.2. The monoisotopic (exact) mass is 298 g/mol. The van der Waals surface area contributed by atoms with Gasteiger partial charge in [-0.2, -0.15) is 0 Å². The molecule has 0 saturated heterocycles. The lowest BCUT2D eigenvalue weighted by atomic mass is 9.95. The quantitative estimate of drug-likeness (QED) is 0.615. The maximum atomic E-state index is 12.2. The number of thioether (sulfide) groups is 1. The molecule has 1 aliphatic carbocycles. The van der Waals surface area contributed by atoms with E-state index in [1.54, 1.807) is 0 Å². The second-order valence-corrected chi connectivity index (χ2v) is 6.10. The van der Waals surface area contributed by atoms with Crippen molar-refractivity contribution in [1.82, 2.24) is 10.3 Å². The van der Waals surface area contributed by atoms with Crippen molar-refractivity contribution in [2.24, 2.45) is 5.92 Å². The predicted molar refractivity (Wildman–Crippen MR) is 77.8 cm³/mol. The SMILES string of the molecule is CCNC(CSc1nc(C)c(C)o1)(C(=O)OC)C1CC1. The van der Waals surface area contributed by atoms with Crippen LogP contribution in [-0.4, -0.2) is 35.9 Å². The molecule has 1 aromatic heterocycles. The number of oxazole rings is 1. The number of aryl methyl sites for hydroxylation is 2. The van der Waals surface area contributed by atoms with Gasteiger partial charge < -0.3 is 14.5 Å². The summed E-state index contributed by atoms with van der Waals surface area (Å²) in [7, 11) is 1.45. The Labute approximate surface area is 123 Å². The molecule has 1 N–H and O–H groups in total. The Morgan fingerprint density at radius 1 is 1.55 bits per heavy atom. The fourth-order valence-corrected chi connectivity index (χ4v) is 3.56. The molecule has 0 radical (unpaired) electrons. The number of esters is 1. The molecule has 6 heteroatoms. The fraction of sp³-hybridized carbons (Fsp3) is 0.714. The molecule has 5 nitrogen and oxygen atoms in total. The molecule has 1 fully saturated rings. The molecular weight excluding hydrogens is 276 g/mol. The lowest BCUT2D eigenvalue weighted by molar-refractivity contribution is -0.148. The zero-order valence-corrected chi connectivity index (χ0v) is 13.3. The summed E-state index contributed by atoms with van der Waals surface area (Å²) < 4.78 is 10.6. The Bertz CT molecular complexity index is 465. The van der Waals surface area contributed by atoms with E-state index in [2.05, 4.69) is 10.3 Å². The van der Waals surface area contributed by atoms with Gasteiger partial charge in [-0.15, -0.1) is 0 Å². The zero-order chi connectivity index (χ0) is 14.8. The average molecular weight is 298 g/mol. The smallest absolute Gasteiger partial charge is 0.327 e. The number of carbonyl (C=O) groups excluding carboxylic acids is 1. The first kappa shape index (κ1) is 15.4. The van der Waals surface area contributed by atoms with Crippen LogP contribution in [0.5, 0.6) is 0 Å². The third kappa shape index (κ3) is 3.01. The number of carbonyl (C=O) groups is 1. The first-order valence-electron chi connectivity index (χ1n) is 6.93. The molecule has 1 saturated carbocycles. The van der Waals surface area contributed by atoms with Crippen LogP contribution < -0.4 is 5.32 Å². The second-order valence-electron chi connectivity index (χ2n) is 5.18. The molecule has 1 aromatic rings. The lowest BCUT2D eigenvalue weighted by Gasteiger charge is -2.31. The Balaban J connectivity index is 2.12. The highest BCUT2D eigenvalue weighted by molar-refractivity contribution is 7.99. The standard InChI is InChI=1S/C14H22N2O3S/c1-5-15-14(11-6-7-11,12(17)18-4)8-20-13-16-9(2)10(3)19-13/h11,15H,5-8H2,1-4H3. The predicted octanol–water partition coefficient (Wildman–Crippen LogP) is 2.31. The van der Waals surface area contributed by atoms with E-state index in [1.807, 2.05) is 20.8 Å². The van der Waals surface area contributed by atoms with E-state index in [9.17, 15) is 4.79 Å². The van der Waals surface area contributed by atoms with Crippen LogP contribution in [-0.2, 0) is 9.53 Å². The van der Waals surface area contributed by atoms with E-state index in [0.29, 0.717) is 16.9 Å². The molecule has 20 heavy (non-hydrogen) atoms. The number of nitrogens with zero attached hydrogens (tertiary/aromatic N) is 1. The van der Waals surface area contributed by atoms with Crippen LogP contribution in [0.15, 0.2) is 9.64 Å². The molecule has 0 aromatic carbocycles. The third-order valence-electron chi connectivity index (χ3n) is 3.75. The maximum absolute atomic E-state index is 12.2. The summed E-state index contributed by atoms with van der Waals surface area (Å²) in [5, 5.41) is 3.95. The third-order valence-corrected chi connectivity index (χ3v) is 4.77. The van der Waals surface area contributed by atoms with Crippen molar-refractivity contribution in [1.29, 1.82) is 0 Å². The largest absolute Gasteiger partial charge is 0.468 e. The summed E-state index contributed by atoms with van der Waals surface area (Å²) in [4.78, 5) is 16.6. The van der Waals surface area contributed by atoms with Crippen molar-refractivity contribution >= 4 is 17.7 Å². The van der Waals surface area contributed by atoms with Gasteiger partial charge >= 0.3 is 5.97 Å². The highest BCUT2D eigenvalue weighted by Crippen LogP contribution is 2.43. The molecular formula is C14H22N2O3S. The average Bonchev–Trinajstić information content (AvgIpc) is 3.22. The minimum atomic E-state index is -0.621. The van der Waals surface area contributed by atoms with Crippen molar-refractivity contribution in [3.63, 3.8) is 0 Å². The van der Waals surface area contributed by atoms with Gasteiger partial charge in [0.05, 0.1) is 12.8 Å². The highest BCUT2D eigenvalue weighted by Gasteiger charge is 2.51. The molecule has 0 bridgehead atoms.